The van der Waals surface area contributed by atoms with Gasteiger partial charge in [0.05, 0.1) is 0 Å². The van der Waals surface area contributed by atoms with E-state index in [-0.39, 0.29) is 6.42 Å². The summed E-state index contributed by atoms with van der Waals surface area (Å²) in [6, 6.07) is 0. The normalized spacial score (nSPS) is 12.2. The van der Waals surface area contributed by atoms with Gasteiger partial charge in [0.1, 0.15) is 0 Å². The lowest BCUT2D eigenvalue weighted by molar-refractivity contribution is -0.135. The fourth-order valence-electron chi connectivity index (χ4n) is 0.772. The number of hydrogen-bond donors (Lipinski definition) is 1. The van der Waals surface area contributed by atoms with Gasteiger partial charge < -0.3 is 5.11 Å². The van der Waals surface area contributed by atoms with Crippen LogP contribution in [-0.2, 0) is 4.79 Å². The van der Waals surface area contributed by atoms with E-state index in [2.05, 4.69) is 0 Å². The molecule has 0 unspecified atom stereocenters. The van der Waals surface area contributed by atoms with Crippen LogP contribution >= 0.6 is 0 Å². The van der Waals surface area contributed by atoms with Gasteiger partial charge in [-0.2, -0.15) is 13.2 Å². The van der Waals surface area contributed by atoms with Crippen LogP contribution in [0, 0.1) is 0 Å². The predicted molar refractivity (Wildman–Crippen MR) is 41.3 cm³/mol. The molecule has 13 heavy (non-hydrogen) atoms. The molecule has 0 radical (unpaired) electrons. The Kier molecular flexibility index (Phi) is 5.18. The molecule has 0 amide bonds. The van der Waals surface area contributed by atoms with Crippen molar-refractivity contribution in [3.8, 4) is 0 Å². The smallest absolute Gasteiger partial charge is 0.389 e. The Bertz CT molecular complexity index is 184. The molecule has 5 heteroatoms. The van der Waals surface area contributed by atoms with Gasteiger partial charge in [0.25, 0.3) is 0 Å². The number of carboxylic acids is 1. The number of hydrogen-bond acceptors (Lipinski definition) is 1. The number of allylic oxidation sites excluding steroid dienone is 1. The lowest BCUT2D eigenvalue weighted by Gasteiger charge is -2.03. The summed E-state index contributed by atoms with van der Waals surface area (Å²) in [5, 5.41) is 8.13. The zero-order chi connectivity index (χ0) is 10.3. The van der Waals surface area contributed by atoms with Crippen molar-refractivity contribution < 1.29 is 23.1 Å². The zero-order valence-electron chi connectivity index (χ0n) is 6.97. The molecule has 0 saturated carbocycles. The molecular weight excluding hydrogens is 185 g/mol. The number of halogens is 3. The first kappa shape index (κ1) is 12.0. The Balaban J connectivity index is 3.32. The Morgan fingerprint density at radius 3 is 2.38 bits per heavy atom. The van der Waals surface area contributed by atoms with Crippen LogP contribution in [0.25, 0.3) is 0 Å². The number of carboxylic acid groups (broad SMARTS) is 1. The van der Waals surface area contributed by atoms with Crippen molar-refractivity contribution >= 4 is 5.97 Å². The molecule has 0 atom stereocenters. The zero-order valence-corrected chi connectivity index (χ0v) is 6.97. The molecular formula is C8H11F3O2. The van der Waals surface area contributed by atoms with Crippen molar-refractivity contribution in [1.82, 2.24) is 0 Å². The van der Waals surface area contributed by atoms with E-state index in [1.165, 1.54) is 6.08 Å². The van der Waals surface area contributed by atoms with E-state index in [1.807, 2.05) is 0 Å². The first-order valence-electron chi connectivity index (χ1n) is 3.88. The van der Waals surface area contributed by atoms with Crippen LogP contribution in [0.15, 0.2) is 12.2 Å². The highest BCUT2D eigenvalue weighted by atomic mass is 19.4. The minimum absolute atomic E-state index is 0.0491. The highest BCUT2D eigenvalue weighted by Gasteiger charge is 2.25. The SMILES string of the molecule is O=C(O)/C=C/CCCCC(F)(F)F. The number of carbonyl (C=O) groups is 1. The third-order valence-corrected chi connectivity index (χ3v) is 1.34. The molecule has 0 bridgehead atoms. The molecule has 1 N–H and O–H groups in total. The maximum absolute atomic E-state index is 11.6. The van der Waals surface area contributed by atoms with Crippen LogP contribution in [0.3, 0.4) is 0 Å². The van der Waals surface area contributed by atoms with Gasteiger partial charge in [0.15, 0.2) is 0 Å². The largest absolute Gasteiger partial charge is 0.478 e. The molecule has 0 aliphatic rings. The monoisotopic (exact) mass is 196 g/mol. The van der Waals surface area contributed by atoms with Gasteiger partial charge in [-0.25, -0.2) is 4.79 Å². The first-order chi connectivity index (χ1) is 5.92. The Labute approximate surface area is 74.1 Å². The standard InChI is InChI=1S/C8H11F3O2/c9-8(10,11)6-4-2-1-3-5-7(12)13/h3,5H,1-2,4,6H2,(H,12,13)/b5-3+. The molecule has 0 aliphatic heterocycles. The number of unbranched alkanes of at least 4 members (excludes halogenated alkanes) is 2. The van der Waals surface area contributed by atoms with Gasteiger partial charge in [-0.05, 0) is 19.3 Å². The van der Waals surface area contributed by atoms with E-state index in [4.69, 9.17) is 5.11 Å². The molecule has 0 spiro atoms. The molecule has 0 saturated heterocycles. The lowest BCUT2D eigenvalue weighted by Crippen LogP contribution is -2.05. The number of alkyl halides is 3. The highest BCUT2D eigenvalue weighted by molar-refractivity contribution is 5.79. The third kappa shape index (κ3) is 11.0. The average Bonchev–Trinajstić information content (AvgIpc) is 1.93. The summed E-state index contributed by atoms with van der Waals surface area (Å²) < 4.78 is 34.7. The fourth-order valence-corrected chi connectivity index (χ4v) is 0.772. The van der Waals surface area contributed by atoms with Crippen LogP contribution in [0.1, 0.15) is 25.7 Å². The molecule has 0 aromatic carbocycles. The molecule has 0 aliphatic carbocycles. The maximum Gasteiger partial charge on any atom is 0.389 e. The van der Waals surface area contributed by atoms with Gasteiger partial charge in [-0.3, -0.25) is 0 Å². The van der Waals surface area contributed by atoms with Crippen LogP contribution < -0.4 is 0 Å². The molecule has 0 rings (SSSR count). The summed E-state index contributed by atoms with van der Waals surface area (Å²) in [5.41, 5.74) is 0. The van der Waals surface area contributed by atoms with E-state index in [1.54, 1.807) is 0 Å². The lowest BCUT2D eigenvalue weighted by atomic mass is 10.2. The third-order valence-electron chi connectivity index (χ3n) is 1.34. The van der Waals surface area contributed by atoms with Gasteiger partial charge in [0.2, 0.25) is 0 Å². The minimum atomic E-state index is -4.10. The Hall–Kier alpha value is -1.00. The van der Waals surface area contributed by atoms with Gasteiger partial charge in [-0.1, -0.05) is 6.08 Å². The second-order valence-corrected chi connectivity index (χ2v) is 2.60. The van der Waals surface area contributed by atoms with Gasteiger partial charge in [0, 0.05) is 12.5 Å². The van der Waals surface area contributed by atoms with E-state index >= 15 is 0 Å². The van der Waals surface area contributed by atoms with E-state index in [0.717, 1.165) is 6.08 Å². The molecule has 0 aromatic heterocycles. The second-order valence-electron chi connectivity index (χ2n) is 2.60. The summed E-state index contributed by atoms with van der Waals surface area (Å²) >= 11 is 0. The molecule has 76 valence electrons. The number of aliphatic carboxylic acids is 1. The van der Waals surface area contributed by atoms with Gasteiger partial charge in [-0.15, -0.1) is 0 Å². The van der Waals surface area contributed by atoms with E-state index in [9.17, 15) is 18.0 Å². The Morgan fingerprint density at radius 2 is 1.92 bits per heavy atom. The summed E-state index contributed by atoms with van der Waals surface area (Å²) in [7, 11) is 0. The van der Waals surface area contributed by atoms with Crippen LogP contribution in [0.5, 0.6) is 0 Å². The number of rotatable bonds is 5. The van der Waals surface area contributed by atoms with Crippen molar-refractivity contribution in [2.45, 2.75) is 31.9 Å². The predicted octanol–water partition coefficient (Wildman–Crippen LogP) is 2.75. The summed E-state index contributed by atoms with van der Waals surface area (Å²) in [6.07, 6.45) is -1.81. The fraction of sp³-hybridized carbons (Fsp3) is 0.625. The van der Waals surface area contributed by atoms with Gasteiger partial charge >= 0.3 is 12.1 Å². The topological polar surface area (TPSA) is 37.3 Å². The second kappa shape index (κ2) is 5.61. The van der Waals surface area contributed by atoms with Crippen molar-refractivity contribution in [3.63, 3.8) is 0 Å². The molecule has 2 nitrogen and oxygen atoms in total. The van der Waals surface area contributed by atoms with Crippen molar-refractivity contribution in [2.75, 3.05) is 0 Å². The summed E-state index contributed by atoms with van der Waals surface area (Å²) in [6.45, 7) is 0. The Morgan fingerprint density at radius 1 is 1.31 bits per heavy atom. The average molecular weight is 196 g/mol. The summed E-state index contributed by atoms with van der Waals surface area (Å²) in [4.78, 5) is 9.92. The van der Waals surface area contributed by atoms with Crippen molar-refractivity contribution in [1.29, 1.82) is 0 Å². The van der Waals surface area contributed by atoms with Crippen LogP contribution in [0.2, 0.25) is 0 Å². The van der Waals surface area contributed by atoms with Crippen molar-refractivity contribution in [3.05, 3.63) is 12.2 Å². The minimum Gasteiger partial charge on any atom is -0.478 e. The first-order valence-corrected chi connectivity index (χ1v) is 3.88. The quantitative estimate of drug-likeness (QED) is 0.542. The van der Waals surface area contributed by atoms with E-state index < -0.39 is 18.6 Å². The highest BCUT2D eigenvalue weighted by Crippen LogP contribution is 2.22. The van der Waals surface area contributed by atoms with E-state index in [0.29, 0.717) is 12.8 Å². The van der Waals surface area contributed by atoms with Crippen LogP contribution in [0.4, 0.5) is 13.2 Å². The van der Waals surface area contributed by atoms with Crippen molar-refractivity contribution in [2.24, 2.45) is 0 Å². The maximum atomic E-state index is 11.6. The molecule has 0 aromatic rings. The molecule has 0 fully saturated rings. The molecule has 0 heterocycles. The van der Waals surface area contributed by atoms with Crippen LogP contribution in [-0.4, -0.2) is 17.3 Å². The summed E-state index contributed by atoms with van der Waals surface area (Å²) in [5.74, 6) is -1.07.